The number of rotatable bonds is 0. The van der Waals surface area contributed by atoms with E-state index in [0.29, 0.717) is 0 Å². The molecule has 6 heteroatoms. The summed E-state index contributed by atoms with van der Waals surface area (Å²) in [5.41, 5.74) is 0.0816. The number of amides is 2. The SMILES string of the molecule is N#Cc1sc(C#N)c2c1C(=O)NC2=O. The van der Waals surface area contributed by atoms with E-state index in [1.807, 2.05) is 5.32 Å². The molecule has 0 unspecified atom stereocenters. The Morgan fingerprint density at radius 1 is 1.00 bits per heavy atom. The van der Waals surface area contributed by atoms with Crippen LogP contribution in [0.2, 0.25) is 0 Å². The third-order valence-electron chi connectivity index (χ3n) is 1.79. The second-order valence-electron chi connectivity index (χ2n) is 2.52. The van der Waals surface area contributed by atoms with E-state index in [-0.39, 0.29) is 20.9 Å². The van der Waals surface area contributed by atoms with Gasteiger partial charge in [0, 0.05) is 0 Å². The Hall–Kier alpha value is -2.18. The molecule has 0 saturated carbocycles. The summed E-state index contributed by atoms with van der Waals surface area (Å²) >= 11 is 0.866. The number of carbonyl (C=O) groups excluding carboxylic acids is 2. The van der Waals surface area contributed by atoms with Crippen LogP contribution in [-0.2, 0) is 0 Å². The van der Waals surface area contributed by atoms with Crippen molar-refractivity contribution in [3.05, 3.63) is 20.9 Å². The fraction of sp³-hybridized carbons (Fsp3) is 0. The topological polar surface area (TPSA) is 93.8 Å². The van der Waals surface area contributed by atoms with Crippen molar-refractivity contribution in [2.45, 2.75) is 0 Å². The molecule has 1 aliphatic heterocycles. The highest BCUT2D eigenvalue weighted by Gasteiger charge is 2.35. The second-order valence-corrected chi connectivity index (χ2v) is 3.54. The van der Waals surface area contributed by atoms with Gasteiger partial charge in [-0.1, -0.05) is 0 Å². The molecule has 2 rings (SSSR count). The van der Waals surface area contributed by atoms with Gasteiger partial charge < -0.3 is 0 Å². The molecule has 14 heavy (non-hydrogen) atoms. The normalized spacial score (nSPS) is 13.0. The molecule has 1 N–H and O–H groups in total. The van der Waals surface area contributed by atoms with E-state index in [1.165, 1.54) is 0 Å². The Bertz CT molecular complexity index is 498. The van der Waals surface area contributed by atoms with E-state index < -0.39 is 11.8 Å². The number of carbonyl (C=O) groups is 2. The number of nitrogens with zero attached hydrogens (tertiary/aromatic N) is 2. The van der Waals surface area contributed by atoms with E-state index in [1.54, 1.807) is 12.1 Å². The Morgan fingerprint density at radius 3 is 1.79 bits per heavy atom. The number of hydrogen-bond acceptors (Lipinski definition) is 5. The summed E-state index contributed by atoms with van der Waals surface area (Å²) in [7, 11) is 0. The zero-order valence-electron chi connectivity index (χ0n) is 6.62. The first-order chi connectivity index (χ1) is 6.69. The Balaban J connectivity index is 2.83. The Labute approximate surface area is 82.2 Å². The van der Waals surface area contributed by atoms with Crippen LogP contribution in [0.4, 0.5) is 0 Å². The second kappa shape index (κ2) is 2.66. The number of nitriles is 2. The van der Waals surface area contributed by atoms with Crippen molar-refractivity contribution in [1.29, 1.82) is 10.5 Å². The molecule has 2 heterocycles. The molecule has 0 saturated heterocycles. The molecule has 0 radical (unpaired) electrons. The van der Waals surface area contributed by atoms with Crippen LogP contribution in [0.1, 0.15) is 30.5 Å². The predicted octanol–water partition coefficient (Wildman–Crippen LogP) is 0.375. The first-order valence-electron chi connectivity index (χ1n) is 3.51. The Kier molecular flexibility index (Phi) is 1.60. The highest BCUT2D eigenvalue weighted by molar-refractivity contribution is 7.14. The number of thiophene rings is 1. The minimum Gasteiger partial charge on any atom is -0.288 e. The lowest BCUT2D eigenvalue weighted by molar-refractivity contribution is 0.0879. The largest absolute Gasteiger partial charge is 0.288 e. The minimum absolute atomic E-state index is 0.0408. The van der Waals surface area contributed by atoms with Gasteiger partial charge in [-0.05, 0) is 0 Å². The summed E-state index contributed by atoms with van der Waals surface area (Å²) < 4.78 is 0. The highest BCUT2D eigenvalue weighted by Crippen LogP contribution is 2.30. The summed E-state index contributed by atoms with van der Waals surface area (Å²) in [6.07, 6.45) is 0. The fourth-order valence-corrected chi connectivity index (χ4v) is 2.14. The fourth-order valence-electron chi connectivity index (χ4n) is 1.25. The minimum atomic E-state index is -0.598. The van der Waals surface area contributed by atoms with Crippen LogP contribution in [0.25, 0.3) is 0 Å². The van der Waals surface area contributed by atoms with Gasteiger partial charge in [-0.25, -0.2) is 0 Å². The van der Waals surface area contributed by atoms with E-state index in [0.717, 1.165) is 11.3 Å². The highest BCUT2D eigenvalue weighted by atomic mass is 32.1. The molecule has 5 nitrogen and oxygen atoms in total. The van der Waals surface area contributed by atoms with Crippen LogP contribution in [0.15, 0.2) is 0 Å². The maximum Gasteiger partial charge on any atom is 0.261 e. The first-order valence-corrected chi connectivity index (χ1v) is 4.33. The Morgan fingerprint density at radius 2 is 1.43 bits per heavy atom. The van der Waals surface area contributed by atoms with Crippen molar-refractivity contribution in [3.63, 3.8) is 0 Å². The van der Waals surface area contributed by atoms with Gasteiger partial charge >= 0.3 is 0 Å². The molecule has 2 amide bonds. The average molecular weight is 203 g/mol. The maximum atomic E-state index is 11.2. The quantitative estimate of drug-likeness (QED) is 0.616. The summed E-state index contributed by atoms with van der Waals surface area (Å²) in [5, 5.41) is 19.4. The molecule has 66 valence electrons. The molecule has 1 aromatic heterocycles. The van der Waals surface area contributed by atoms with Gasteiger partial charge in [0.1, 0.15) is 21.9 Å². The molecular formula is C8HN3O2S. The van der Waals surface area contributed by atoms with Gasteiger partial charge in [0.15, 0.2) is 0 Å². The van der Waals surface area contributed by atoms with Gasteiger partial charge in [0.05, 0.1) is 11.1 Å². The lowest BCUT2D eigenvalue weighted by atomic mass is 10.1. The van der Waals surface area contributed by atoms with E-state index in [9.17, 15) is 9.59 Å². The molecule has 1 aliphatic rings. The van der Waals surface area contributed by atoms with Gasteiger partial charge in [-0.3, -0.25) is 14.9 Å². The number of imide groups is 1. The maximum absolute atomic E-state index is 11.2. The predicted molar refractivity (Wildman–Crippen MR) is 45.5 cm³/mol. The monoisotopic (exact) mass is 203 g/mol. The van der Waals surface area contributed by atoms with Crippen molar-refractivity contribution in [3.8, 4) is 12.1 Å². The van der Waals surface area contributed by atoms with Crippen LogP contribution < -0.4 is 5.32 Å². The molecule has 0 aromatic carbocycles. The van der Waals surface area contributed by atoms with Gasteiger partial charge in [-0.15, -0.1) is 11.3 Å². The van der Waals surface area contributed by atoms with Crippen LogP contribution in [0, 0.1) is 22.7 Å². The lowest BCUT2D eigenvalue weighted by Crippen LogP contribution is -2.20. The number of hydrogen-bond donors (Lipinski definition) is 1. The third-order valence-corrected chi connectivity index (χ3v) is 2.79. The van der Waals surface area contributed by atoms with Crippen LogP contribution in [0.3, 0.4) is 0 Å². The van der Waals surface area contributed by atoms with Crippen molar-refractivity contribution >= 4 is 23.2 Å². The number of nitrogens with one attached hydrogen (secondary N) is 1. The van der Waals surface area contributed by atoms with Crippen molar-refractivity contribution < 1.29 is 9.59 Å². The molecule has 0 aliphatic carbocycles. The van der Waals surface area contributed by atoms with Gasteiger partial charge in [0.2, 0.25) is 0 Å². The van der Waals surface area contributed by atoms with Gasteiger partial charge in [0.25, 0.3) is 11.8 Å². The van der Waals surface area contributed by atoms with Crippen molar-refractivity contribution in [2.75, 3.05) is 0 Å². The summed E-state index contributed by atoms with van der Waals surface area (Å²) in [6, 6.07) is 3.57. The lowest BCUT2D eigenvalue weighted by Gasteiger charge is -1.87. The summed E-state index contributed by atoms with van der Waals surface area (Å²) in [4.78, 5) is 22.6. The molecule has 0 spiro atoms. The molecule has 0 atom stereocenters. The molecule has 0 fully saturated rings. The van der Waals surface area contributed by atoms with Gasteiger partial charge in [-0.2, -0.15) is 10.5 Å². The van der Waals surface area contributed by atoms with Crippen LogP contribution >= 0.6 is 11.3 Å². The summed E-state index contributed by atoms with van der Waals surface area (Å²) in [6.45, 7) is 0. The van der Waals surface area contributed by atoms with Crippen LogP contribution in [-0.4, -0.2) is 11.8 Å². The third kappa shape index (κ3) is 0.859. The van der Waals surface area contributed by atoms with Crippen LogP contribution in [0.5, 0.6) is 0 Å². The molecule has 1 aromatic rings. The molecular weight excluding hydrogens is 202 g/mol. The van der Waals surface area contributed by atoms with E-state index in [2.05, 4.69) is 0 Å². The van der Waals surface area contributed by atoms with E-state index in [4.69, 9.17) is 10.5 Å². The van der Waals surface area contributed by atoms with Crippen molar-refractivity contribution in [2.24, 2.45) is 0 Å². The standard InChI is InChI=1S/C8HN3O2S/c9-1-3-5-6(4(2-10)14-3)8(13)11-7(5)12/h(H,11,12,13). The zero-order valence-corrected chi connectivity index (χ0v) is 7.44. The summed E-state index contributed by atoms with van der Waals surface area (Å²) in [5.74, 6) is -1.20. The smallest absolute Gasteiger partial charge is 0.261 e. The average Bonchev–Trinajstić information content (AvgIpc) is 2.67. The molecule has 0 bridgehead atoms. The first kappa shape index (κ1) is 8.42. The van der Waals surface area contributed by atoms with E-state index >= 15 is 0 Å². The zero-order chi connectivity index (χ0) is 10.3. The number of fused-ring (bicyclic) bond motifs is 1. The van der Waals surface area contributed by atoms with Crippen molar-refractivity contribution in [1.82, 2.24) is 5.32 Å².